The molecule has 0 aliphatic heterocycles. The molecule has 0 aliphatic rings. The van der Waals surface area contributed by atoms with E-state index >= 15 is 0 Å². The summed E-state index contributed by atoms with van der Waals surface area (Å²) in [5, 5.41) is 5.68. The molecule has 0 aliphatic carbocycles. The van der Waals surface area contributed by atoms with Gasteiger partial charge in [-0.1, -0.05) is 26.8 Å². The lowest BCUT2D eigenvalue weighted by molar-refractivity contribution is 0.236. The van der Waals surface area contributed by atoms with Crippen LogP contribution in [-0.4, -0.2) is 6.10 Å². The van der Waals surface area contributed by atoms with Crippen LogP contribution in [0.4, 0.5) is 0 Å². The van der Waals surface area contributed by atoms with Gasteiger partial charge in [-0.25, -0.2) is 0 Å². The van der Waals surface area contributed by atoms with Crippen molar-refractivity contribution in [3.05, 3.63) is 23.8 Å². The number of hydrogen-bond donors (Lipinski definition) is 1. The van der Waals surface area contributed by atoms with Gasteiger partial charge in [0.05, 0.1) is 11.0 Å². The van der Waals surface area contributed by atoms with Crippen LogP contribution < -0.4 is 9.88 Å². The standard InChI is InChI=1S/C13H21NOS/c1-9(2)15-11-7-6-10(13(3,4)5)8-12(11)16-14/h6-9H,14H2,1-5H3. The first-order chi connectivity index (χ1) is 7.34. The first kappa shape index (κ1) is 13.4. The predicted molar refractivity (Wildman–Crippen MR) is 71.0 cm³/mol. The van der Waals surface area contributed by atoms with Gasteiger partial charge in [0.2, 0.25) is 0 Å². The number of rotatable bonds is 3. The SMILES string of the molecule is CC(C)Oc1ccc(C(C)(C)C)cc1SN. The van der Waals surface area contributed by atoms with E-state index in [0.717, 1.165) is 10.6 Å². The Bertz CT molecular complexity index is 355. The Balaban J connectivity index is 3.07. The smallest absolute Gasteiger partial charge is 0.134 e. The van der Waals surface area contributed by atoms with Crippen LogP contribution in [0.3, 0.4) is 0 Å². The maximum absolute atomic E-state index is 5.70. The summed E-state index contributed by atoms with van der Waals surface area (Å²) >= 11 is 1.24. The van der Waals surface area contributed by atoms with E-state index in [2.05, 4.69) is 32.9 Å². The summed E-state index contributed by atoms with van der Waals surface area (Å²) in [7, 11) is 0. The molecule has 0 heterocycles. The topological polar surface area (TPSA) is 35.2 Å². The van der Waals surface area contributed by atoms with Crippen LogP contribution in [0.1, 0.15) is 40.2 Å². The van der Waals surface area contributed by atoms with E-state index in [1.807, 2.05) is 19.9 Å². The van der Waals surface area contributed by atoms with Gasteiger partial charge in [0.25, 0.3) is 0 Å². The highest BCUT2D eigenvalue weighted by Crippen LogP contribution is 2.32. The van der Waals surface area contributed by atoms with Crippen LogP contribution in [0.2, 0.25) is 0 Å². The molecule has 0 bridgehead atoms. The van der Waals surface area contributed by atoms with Gasteiger partial charge >= 0.3 is 0 Å². The molecule has 0 radical (unpaired) electrons. The molecular weight excluding hydrogens is 218 g/mol. The van der Waals surface area contributed by atoms with E-state index < -0.39 is 0 Å². The van der Waals surface area contributed by atoms with Crippen molar-refractivity contribution in [3.63, 3.8) is 0 Å². The minimum absolute atomic E-state index is 0.140. The van der Waals surface area contributed by atoms with Crippen LogP contribution >= 0.6 is 11.9 Å². The monoisotopic (exact) mass is 239 g/mol. The summed E-state index contributed by atoms with van der Waals surface area (Å²) in [5.74, 6) is 0.871. The first-order valence-electron chi connectivity index (χ1n) is 5.52. The molecular formula is C13H21NOS. The Morgan fingerprint density at radius 3 is 2.31 bits per heavy atom. The lowest BCUT2D eigenvalue weighted by atomic mass is 9.87. The fourth-order valence-corrected chi connectivity index (χ4v) is 1.85. The van der Waals surface area contributed by atoms with Gasteiger partial charge in [0.1, 0.15) is 5.75 Å². The molecule has 3 heteroatoms. The van der Waals surface area contributed by atoms with E-state index in [1.54, 1.807) is 0 Å². The van der Waals surface area contributed by atoms with Gasteiger partial charge in [-0.2, -0.15) is 0 Å². The number of ether oxygens (including phenoxy) is 1. The summed E-state index contributed by atoms with van der Waals surface area (Å²) in [4.78, 5) is 1.00. The summed E-state index contributed by atoms with van der Waals surface area (Å²) in [6, 6.07) is 6.23. The molecule has 90 valence electrons. The van der Waals surface area contributed by atoms with Crippen molar-refractivity contribution in [2.45, 2.75) is 51.0 Å². The van der Waals surface area contributed by atoms with E-state index in [4.69, 9.17) is 9.88 Å². The quantitative estimate of drug-likeness (QED) is 0.816. The second-order valence-corrected chi connectivity index (χ2v) is 5.87. The average Bonchev–Trinajstić information content (AvgIpc) is 2.15. The van der Waals surface area contributed by atoms with E-state index in [9.17, 15) is 0 Å². The molecule has 2 N–H and O–H groups in total. The Hall–Kier alpha value is -0.670. The molecule has 1 aromatic carbocycles. The molecule has 0 spiro atoms. The molecule has 0 aromatic heterocycles. The third kappa shape index (κ3) is 3.42. The van der Waals surface area contributed by atoms with Crippen LogP contribution in [0, 0.1) is 0 Å². The largest absolute Gasteiger partial charge is 0.490 e. The summed E-state index contributed by atoms with van der Waals surface area (Å²) in [5.41, 5.74) is 1.41. The fourth-order valence-electron chi connectivity index (χ4n) is 1.42. The van der Waals surface area contributed by atoms with E-state index in [0.29, 0.717) is 0 Å². The molecule has 1 rings (SSSR count). The van der Waals surface area contributed by atoms with Crippen molar-refractivity contribution in [1.29, 1.82) is 0 Å². The van der Waals surface area contributed by atoms with Crippen molar-refractivity contribution in [3.8, 4) is 5.75 Å². The summed E-state index contributed by atoms with van der Waals surface area (Å²) < 4.78 is 5.70. The van der Waals surface area contributed by atoms with Gasteiger partial charge < -0.3 is 4.74 Å². The Morgan fingerprint density at radius 1 is 1.25 bits per heavy atom. The molecule has 16 heavy (non-hydrogen) atoms. The van der Waals surface area contributed by atoms with Gasteiger partial charge in [0.15, 0.2) is 0 Å². The van der Waals surface area contributed by atoms with Crippen LogP contribution in [-0.2, 0) is 5.41 Å². The molecule has 0 unspecified atom stereocenters. The van der Waals surface area contributed by atoms with Gasteiger partial charge in [-0.3, -0.25) is 5.14 Å². The molecule has 0 atom stereocenters. The Morgan fingerprint density at radius 2 is 1.88 bits per heavy atom. The third-order valence-electron chi connectivity index (χ3n) is 2.30. The zero-order chi connectivity index (χ0) is 12.3. The van der Waals surface area contributed by atoms with Crippen molar-refractivity contribution >= 4 is 11.9 Å². The maximum Gasteiger partial charge on any atom is 0.134 e. The Labute approximate surface area is 103 Å². The Kier molecular flexibility index (Phi) is 4.28. The molecule has 2 nitrogen and oxygen atoms in total. The molecule has 0 amide bonds. The number of hydrogen-bond acceptors (Lipinski definition) is 3. The highest BCUT2D eigenvalue weighted by atomic mass is 32.2. The van der Waals surface area contributed by atoms with E-state index in [1.165, 1.54) is 17.5 Å². The minimum Gasteiger partial charge on any atom is -0.490 e. The van der Waals surface area contributed by atoms with Gasteiger partial charge in [-0.05, 0) is 48.9 Å². The predicted octanol–water partition coefficient (Wildman–Crippen LogP) is 3.74. The summed E-state index contributed by atoms with van der Waals surface area (Å²) in [6.45, 7) is 10.6. The molecule has 0 saturated carbocycles. The normalized spacial score (nSPS) is 11.9. The number of nitrogens with two attached hydrogens (primary N) is 1. The van der Waals surface area contributed by atoms with Crippen molar-refractivity contribution in [2.24, 2.45) is 5.14 Å². The maximum atomic E-state index is 5.70. The zero-order valence-corrected chi connectivity index (χ0v) is 11.5. The average molecular weight is 239 g/mol. The van der Waals surface area contributed by atoms with Crippen LogP contribution in [0.25, 0.3) is 0 Å². The third-order valence-corrected chi connectivity index (χ3v) is 2.87. The summed E-state index contributed by atoms with van der Waals surface area (Å²) in [6.07, 6.45) is 0.173. The molecule has 0 fully saturated rings. The van der Waals surface area contributed by atoms with E-state index in [-0.39, 0.29) is 11.5 Å². The van der Waals surface area contributed by atoms with Gasteiger partial charge in [0, 0.05) is 0 Å². The molecule has 0 saturated heterocycles. The fraction of sp³-hybridized carbons (Fsp3) is 0.538. The second-order valence-electron chi connectivity index (χ2n) is 5.20. The highest BCUT2D eigenvalue weighted by molar-refractivity contribution is 7.97. The lowest BCUT2D eigenvalue weighted by Gasteiger charge is -2.21. The lowest BCUT2D eigenvalue weighted by Crippen LogP contribution is -2.12. The zero-order valence-electron chi connectivity index (χ0n) is 10.7. The first-order valence-corrected chi connectivity index (χ1v) is 6.40. The van der Waals surface area contributed by atoms with Crippen LogP contribution in [0.15, 0.2) is 23.1 Å². The second kappa shape index (κ2) is 5.11. The van der Waals surface area contributed by atoms with Gasteiger partial charge in [-0.15, -0.1) is 0 Å². The number of benzene rings is 1. The van der Waals surface area contributed by atoms with Crippen molar-refractivity contribution < 1.29 is 4.74 Å². The van der Waals surface area contributed by atoms with Crippen molar-refractivity contribution in [1.82, 2.24) is 0 Å². The molecule has 1 aromatic rings. The van der Waals surface area contributed by atoms with Crippen LogP contribution in [0.5, 0.6) is 5.75 Å². The highest BCUT2D eigenvalue weighted by Gasteiger charge is 2.16. The van der Waals surface area contributed by atoms with Crippen molar-refractivity contribution in [2.75, 3.05) is 0 Å². The minimum atomic E-state index is 0.140.